The van der Waals surface area contributed by atoms with Crippen molar-refractivity contribution in [1.82, 2.24) is 0 Å². The van der Waals surface area contributed by atoms with E-state index in [0.717, 1.165) is 36.9 Å². The van der Waals surface area contributed by atoms with E-state index in [1.807, 2.05) is 31.2 Å². The average molecular weight is 233 g/mol. The molecule has 1 rings (SSSR count). The second-order valence-electron chi connectivity index (χ2n) is 4.55. The van der Waals surface area contributed by atoms with E-state index in [-0.39, 0.29) is 11.8 Å². The molecule has 0 saturated carbocycles. The van der Waals surface area contributed by atoms with Crippen LogP contribution in [0.3, 0.4) is 0 Å². The first-order valence-corrected chi connectivity index (χ1v) is 6.55. The van der Waals surface area contributed by atoms with E-state index in [0.29, 0.717) is 0 Å². The highest BCUT2D eigenvalue weighted by Crippen LogP contribution is 2.18. The molecule has 1 aromatic carbocycles. The highest BCUT2D eigenvalue weighted by Gasteiger charge is 2.16. The summed E-state index contributed by atoms with van der Waals surface area (Å²) in [5, 5.41) is 3.03. The van der Waals surface area contributed by atoms with Gasteiger partial charge in [0.25, 0.3) is 0 Å². The number of hydrogen-bond acceptors (Lipinski definition) is 1. The molecule has 2 nitrogen and oxygen atoms in total. The third-order valence-electron chi connectivity index (χ3n) is 3.17. The van der Waals surface area contributed by atoms with E-state index in [4.69, 9.17) is 0 Å². The highest BCUT2D eigenvalue weighted by molar-refractivity contribution is 5.93. The third-order valence-corrected chi connectivity index (χ3v) is 3.17. The number of rotatable bonds is 6. The van der Waals surface area contributed by atoms with Gasteiger partial charge in [0.2, 0.25) is 5.91 Å². The zero-order chi connectivity index (χ0) is 12.7. The van der Waals surface area contributed by atoms with Crippen molar-refractivity contribution in [3.63, 3.8) is 0 Å². The Kier molecular flexibility index (Phi) is 5.75. The largest absolute Gasteiger partial charge is 0.326 e. The quantitative estimate of drug-likeness (QED) is 0.785. The monoisotopic (exact) mass is 233 g/mol. The fourth-order valence-corrected chi connectivity index (χ4v) is 1.92. The predicted molar refractivity (Wildman–Crippen MR) is 73.1 cm³/mol. The van der Waals surface area contributed by atoms with Crippen LogP contribution in [-0.2, 0) is 4.79 Å². The number of anilines is 1. The zero-order valence-electron chi connectivity index (χ0n) is 11.1. The number of carbonyl (C=O) groups is 1. The van der Waals surface area contributed by atoms with Gasteiger partial charge in [-0.2, -0.15) is 0 Å². The third kappa shape index (κ3) is 4.22. The number of unbranched alkanes of at least 4 members (excludes halogenated alkanes) is 1. The smallest absolute Gasteiger partial charge is 0.227 e. The Labute approximate surface area is 104 Å². The molecule has 0 aliphatic rings. The summed E-state index contributed by atoms with van der Waals surface area (Å²) in [6.45, 7) is 6.26. The van der Waals surface area contributed by atoms with Gasteiger partial charge in [-0.3, -0.25) is 4.79 Å². The fraction of sp³-hybridized carbons (Fsp3) is 0.533. The first-order chi connectivity index (χ1) is 8.19. The lowest BCUT2D eigenvalue weighted by molar-refractivity contribution is -0.120. The van der Waals surface area contributed by atoms with Crippen molar-refractivity contribution in [2.24, 2.45) is 5.92 Å². The molecule has 1 amide bonds. The topological polar surface area (TPSA) is 29.1 Å². The first kappa shape index (κ1) is 13.8. The second-order valence-corrected chi connectivity index (χ2v) is 4.55. The first-order valence-electron chi connectivity index (χ1n) is 6.55. The molecular formula is C15H23NO. The van der Waals surface area contributed by atoms with Gasteiger partial charge in [-0.25, -0.2) is 0 Å². The van der Waals surface area contributed by atoms with E-state index in [9.17, 15) is 4.79 Å². The van der Waals surface area contributed by atoms with Gasteiger partial charge in [0.1, 0.15) is 0 Å². The molecule has 17 heavy (non-hydrogen) atoms. The lowest BCUT2D eigenvalue weighted by Crippen LogP contribution is -2.22. The highest BCUT2D eigenvalue weighted by atomic mass is 16.1. The summed E-state index contributed by atoms with van der Waals surface area (Å²) in [4.78, 5) is 12.1. The summed E-state index contributed by atoms with van der Waals surface area (Å²) in [5.41, 5.74) is 2.05. The van der Waals surface area contributed by atoms with E-state index in [1.165, 1.54) is 0 Å². The van der Waals surface area contributed by atoms with E-state index < -0.39 is 0 Å². The maximum atomic E-state index is 12.1. The minimum atomic E-state index is 0.148. The van der Waals surface area contributed by atoms with Crippen LogP contribution in [0.25, 0.3) is 0 Å². The number of hydrogen-bond donors (Lipinski definition) is 1. The van der Waals surface area contributed by atoms with Gasteiger partial charge in [-0.15, -0.1) is 0 Å². The summed E-state index contributed by atoms with van der Waals surface area (Å²) in [6, 6.07) is 7.91. The summed E-state index contributed by atoms with van der Waals surface area (Å²) >= 11 is 0. The van der Waals surface area contributed by atoms with Crippen molar-refractivity contribution in [2.75, 3.05) is 5.32 Å². The van der Waals surface area contributed by atoms with Crippen molar-refractivity contribution in [3.8, 4) is 0 Å². The van der Waals surface area contributed by atoms with Gasteiger partial charge in [0.15, 0.2) is 0 Å². The Morgan fingerprint density at radius 1 is 1.29 bits per heavy atom. The van der Waals surface area contributed by atoms with Crippen LogP contribution in [0.4, 0.5) is 5.69 Å². The molecular weight excluding hydrogens is 210 g/mol. The van der Waals surface area contributed by atoms with Gasteiger partial charge in [0.05, 0.1) is 0 Å². The molecule has 0 aliphatic heterocycles. The average Bonchev–Trinajstić information content (AvgIpc) is 2.33. The van der Waals surface area contributed by atoms with Crippen molar-refractivity contribution in [3.05, 3.63) is 29.8 Å². The van der Waals surface area contributed by atoms with Crippen LogP contribution in [0.2, 0.25) is 0 Å². The van der Waals surface area contributed by atoms with Crippen LogP contribution >= 0.6 is 0 Å². The number of benzene rings is 1. The van der Waals surface area contributed by atoms with Crippen molar-refractivity contribution in [2.45, 2.75) is 46.5 Å². The summed E-state index contributed by atoms with van der Waals surface area (Å²) < 4.78 is 0. The molecule has 0 aliphatic carbocycles. The minimum absolute atomic E-state index is 0.148. The lowest BCUT2D eigenvalue weighted by Gasteiger charge is -2.15. The molecule has 1 atom stereocenters. The fourth-order valence-electron chi connectivity index (χ4n) is 1.92. The normalized spacial score (nSPS) is 12.2. The summed E-state index contributed by atoms with van der Waals surface area (Å²) in [5.74, 6) is 0.310. The van der Waals surface area contributed by atoms with Crippen LogP contribution in [0.5, 0.6) is 0 Å². The van der Waals surface area contributed by atoms with E-state index >= 15 is 0 Å². The van der Waals surface area contributed by atoms with Gasteiger partial charge in [-0.05, 0) is 31.4 Å². The van der Waals surface area contributed by atoms with E-state index in [2.05, 4.69) is 19.2 Å². The van der Waals surface area contributed by atoms with Crippen molar-refractivity contribution in [1.29, 1.82) is 0 Å². The zero-order valence-corrected chi connectivity index (χ0v) is 11.1. The van der Waals surface area contributed by atoms with Gasteiger partial charge < -0.3 is 5.32 Å². The molecule has 0 heterocycles. The van der Waals surface area contributed by atoms with Crippen LogP contribution in [0.15, 0.2) is 24.3 Å². The standard InChI is InChI=1S/C15H23NO/c1-4-6-10-13(5-2)15(17)16-14-11-8-7-9-12(14)3/h7-9,11,13H,4-6,10H2,1-3H3,(H,16,17)/t13-/m1/s1. The van der Waals surface area contributed by atoms with Gasteiger partial charge in [-0.1, -0.05) is 44.9 Å². The number of amides is 1. The number of aryl methyl sites for hydroxylation is 1. The number of nitrogens with one attached hydrogen (secondary N) is 1. The van der Waals surface area contributed by atoms with Gasteiger partial charge >= 0.3 is 0 Å². The molecule has 0 unspecified atom stereocenters. The molecule has 1 N–H and O–H groups in total. The molecule has 94 valence electrons. The molecule has 0 radical (unpaired) electrons. The Balaban J connectivity index is 2.61. The van der Waals surface area contributed by atoms with Crippen LogP contribution in [0.1, 0.15) is 45.1 Å². The Morgan fingerprint density at radius 2 is 2.00 bits per heavy atom. The van der Waals surface area contributed by atoms with Crippen LogP contribution in [0, 0.1) is 12.8 Å². The van der Waals surface area contributed by atoms with Crippen LogP contribution in [-0.4, -0.2) is 5.91 Å². The molecule has 0 bridgehead atoms. The predicted octanol–water partition coefficient (Wildman–Crippen LogP) is 4.15. The minimum Gasteiger partial charge on any atom is -0.326 e. The maximum Gasteiger partial charge on any atom is 0.227 e. The molecule has 0 spiro atoms. The van der Waals surface area contributed by atoms with E-state index in [1.54, 1.807) is 0 Å². The molecule has 0 fully saturated rings. The molecule has 0 aromatic heterocycles. The molecule has 0 saturated heterocycles. The Bertz CT molecular complexity index is 360. The summed E-state index contributed by atoms with van der Waals surface area (Å²) in [7, 11) is 0. The Hall–Kier alpha value is -1.31. The number of carbonyl (C=O) groups excluding carboxylic acids is 1. The molecule has 2 heteroatoms. The van der Waals surface area contributed by atoms with Crippen LogP contribution < -0.4 is 5.32 Å². The lowest BCUT2D eigenvalue weighted by atomic mass is 9.98. The molecule has 1 aromatic rings. The SMILES string of the molecule is CCCC[C@@H](CC)C(=O)Nc1ccccc1C. The number of para-hydroxylation sites is 1. The Morgan fingerprint density at radius 3 is 2.59 bits per heavy atom. The van der Waals surface area contributed by atoms with Gasteiger partial charge in [0, 0.05) is 11.6 Å². The van der Waals surface area contributed by atoms with Crippen molar-refractivity contribution < 1.29 is 4.79 Å². The summed E-state index contributed by atoms with van der Waals surface area (Å²) in [6.07, 6.45) is 4.18. The second kappa shape index (κ2) is 7.10. The van der Waals surface area contributed by atoms with Crippen molar-refractivity contribution >= 4 is 11.6 Å². The maximum absolute atomic E-state index is 12.1.